The van der Waals surface area contributed by atoms with Gasteiger partial charge in [0.1, 0.15) is 17.5 Å². The van der Waals surface area contributed by atoms with Gasteiger partial charge in [0.2, 0.25) is 0 Å². The molecule has 1 amide bonds. The van der Waals surface area contributed by atoms with Crippen LogP contribution in [0.2, 0.25) is 0 Å². The molecule has 10 heteroatoms. The minimum atomic E-state index is -4.45. The van der Waals surface area contributed by atoms with Gasteiger partial charge in [0.25, 0.3) is 0 Å². The molecule has 2 atom stereocenters. The monoisotopic (exact) mass is 425 g/mol. The van der Waals surface area contributed by atoms with E-state index in [1.54, 1.807) is 20.8 Å². The highest BCUT2D eigenvalue weighted by Crippen LogP contribution is 2.31. The molecule has 1 saturated heterocycles. The summed E-state index contributed by atoms with van der Waals surface area (Å²) in [5.74, 6) is 0.217. The third-order valence-corrected chi connectivity index (χ3v) is 4.19. The maximum atomic E-state index is 12.7. The van der Waals surface area contributed by atoms with Crippen LogP contribution in [-0.2, 0) is 15.7 Å². The SMILES string of the molecule is CC(C)(C)OC(=O)N1CC(Oc2ccc(C(F)(F)F)cc2)CC[C@H]1COC(F)F. The lowest BCUT2D eigenvalue weighted by atomic mass is 10.0. The normalized spacial score (nSPS) is 20.7. The third-order valence-electron chi connectivity index (χ3n) is 4.19. The van der Waals surface area contributed by atoms with Crippen molar-refractivity contribution in [3.63, 3.8) is 0 Å². The van der Waals surface area contributed by atoms with Gasteiger partial charge in [-0.15, -0.1) is 0 Å². The number of carbonyl (C=O) groups is 1. The Morgan fingerprint density at radius 1 is 1.14 bits per heavy atom. The Hall–Kier alpha value is -2.10. The highest BCUT2D eigenvalue weighted by molar-refractivity contribution is 5.68. The molecular formula is C19H24F5NO4. The van der Waals surface area contributed by atoms with Gasteiger partial charge < -0.3 is 14.2 Å². The predicted octanol–water partition coefficient (Wildman–Crippen LogP) is 5.09. The van der Waals surface area contributed by atoms with E-state index < -0.39 is 42.2 Å². The summed E-state index contributed by atoms with van der Waals surface area (Å²) >= 11 is 0. The second kappa shape index (κ2) is 9.15. The third kappa shape index (κ3) is 7.34. The van der Waals surface area contributed by atoms with E-state index in [0.717, 1.165) is 12.1 Å². The van der Waals surface area contributed by atoms with Crippen LogP contribution in [0.3, 0.4) is 0 Å². The Kier molecular flexibility index (Phi) is 7.31. The van der Waals surface area contributed by atoms with Gasteiger partial charge in [-0.1, -0.05) is 0 Å². The second-order valence-electron chi connectivity index (χ2n) is 7.72. The molecule has 1 fully saturated rings. The smallest absolute Gasteiger partial charge is 0.416 e. The van der Waals surface area contributed by atoms with E-state index >= 15 is 0 Å². The molecule has 5 nitrogen and oxygen atoms in total. The van der Waals surface area contributed by atoms with Crippen molar-refractivity contribution in [3.8, 4) is 5.75 Å². The van der Waals surface area contributed by atoms with E-state index in [-0.39, 0.29) is 18.9 Å². The van der Waals surface area contributed by atoms with Crippen LogP contribution in [0, 0.1) is 0 Å². The maximum Gasteiger partial charge on any atom is 0.416 e. The van der Waals surface area contributed by atoms with Crippen LogP contribution >= 0.6 is 0 Å². The maximum absolute atomic E-state index is 12.7. The lowest BCUT2D eigenvalue weighted by Gasteiger charge is -2.39. The number of rotatable bonds is 5. The van der Waals surface area contributed by atoms with Gasteiger partial charge in [-0.05, 0) is 57.9 Å². The number of carbonyl (C=O) groups excluding carboxylic acids is 1. The average molecular weight is 425 g/mol. The molecule has 1 unspecified atom stereocenters. The fourth-order valence-electron chi connectivity index (χ4n) is 2.91. The van der Waals surface area contributed by atoms with Crippen LogP contribution in [0.1, 0.15) is 39.2 Å². The summed E-state index contributed by atoms with van der Waals surface area (Å²) < 4.78 is 78.2. The van der Waals surface area contributed by atoms with Crippen LogP contribution in [0.4, 0.5) is 26.7 Å². The van der Waals surface area contributed by atoms with Crippen LogP contribution in [0.15, 0.2) is 24.3 Å². The van der Waals surface area contributed by atoms with Crippen molar-refractivity contribution in [1.82, 2.24) is 4.90 Å². The molecule has 0 saturated carbocycles. The molecule has 1 aliphatic rings. The highest BCUT2D eigenvalue weighted by Gasteiger charge is 2.36. The van der Waals surface area contributed by atoms with E-state index in [0.29, 0.717) is 12.8 Å². The summed E-state index contributed by atoms with van der Waals surface area (Å²) in [6.45, 7) is 1.75. The first-order chi connectivity index (χ1) is 13.3. The number of hydrogen-bond acceptors (Lipinski definition) is 4. The molecule has 29 heavy (non-hydrogen) atoms. The van der Waals surface area contributed by atoms with Crippen molar-refractivity contribution in [1.29, 1.82) is 0 Å². The van der Waals surface area contributed by atoms with E-state index in [1.165, 1.54) is 17.0 Å². The summed E-state index contributed by atoms with van der Waals surface area (Å²) in [5.41, 5.74) is -1.58. The molecule has 1 aromatic rings. The summed E-state index contributed by atoms with van der Waals surface area (Å²) in [5, 5.41) is 0. The van der Waals surface area contributed by atoms with Gasteiger partial charge in [0, 0.05) is 0 Å². The fraction of sp³-hybridized carbons (Fsp3) is 0.632. The first-order valence-electron chi connectivity index (χ1n) is 9.08. The number of amides is 1. The summed E-state index contributed by atoms with van der Waals surface area (Å²) in [4.78, 5) is 13.8. The Morgan fingerprint density at radius 3 is 2.28 bits per heavy atom. The lowest BCUT2D eigenvalue weighted by Crippen LogP contribution is -2.53. The average Bonchev–Trinajstić information content (AvgIpc) is 2.58. The molecular weight excluding hydrogens is 401 g/mol. The summed E-state index contributed by atoms with van der Waals surface area (Å²) in [7, 11) is 0. The van der Waals surface area contributed by atoms with Crippen LogP contribution in [0.25, 0.3) is 0 Å². The Morgan fingerprint density at radius 2 is 1.76 bits per heavy atom. The predicted molar refractivity (Wildman–Crippen MR) is 93.8 cm³/mol. The number of ether oxygens (including phenoxy) is 3. The Balaban J connectivity index is 2.06. The molecule has 0 spiro atoms. The molecule has 2 rings (SSSR count). The van der Waals surface area contributed by atoms with E-state index in [4.69, 9.17) is 9.47 Å². The van der Waals surface area contributed by atoms with Gasteiger partial charge in [-0.25, -0.2) is 4.79 Å². The van der Waals surface area contributed by atoms with Crippen molar-refractivity contribution in [2.24, 2.45) is 0 Å². The van der Waals surface area contributed by atoms with Gasteiger partial charge in [0.05, 0.1) is 24.8 Å². The van der Waals surface area contributed by atoms with Crippen LogP contribution < -0.4 is 4.74 Å². The van der Waals surface area contributed by atoms with Crippen molar-refractivity contribution in [3.05, 3.63) is 29.8 Å². The lowest BCUT2D eigenvalue weighted by molar-refractivity contribution is -0.145. The second-order valence-corrected chi connectivity index (χ2v) is 7.72. The van der Waals surface area contributed by atoms with Gasteiger partial charge in [-0.3, -0.25) is 4.90 Å². The molecule has 1 aliphatic heterocycles. The highest BCUT2D eigenvalue weighted by atomic mass is 19.4. The number of benzene rings is 1. The van der Waals surface area contributed by atoms with Crippen LogP contribution in [0.5, 0.6) is 5.75 Å². The Bertz CT molecular complexity index is 673. The number of halogens is 5. The topological polar surface area (TPSA) is 48.0 Å². The number of hydrogen-bond donors (Lipinski definition) is 0. The van der Waals surface area contributed by atoms with Crippen molar-refractivity contribution >= 4 is 6.09 Å². The molecule has 0 N–H and O–H groups in total. The van der Waals surface area contributed by atoms with Gasteiger partial charge in [0.15, 0.2) is 0 Å². The molecule has 164 valence electrons. The standard InChI is InChI=1S/C19H24F5NO4/c1-18(2,3)29-17(26)25-10-15(9-6-13(25)11-27-16(20)21)28-14-7-4-12(5-8-14)19(22,23)24/h4-5,7-8,13,15-16H,6,9-11H2,1-3H3/t13-,15?/m0/s1. The van der Waals surface area contributed by atoms with Gasteiger partial charge >= 0.3 is 18.9 Å². The van der Waals surface area contributed by atoms with E-state index in [2.05, 4.69) is 4.74 Å². The molecule has 0 radical (unpaired) electrons. The van der Waals surface area contributed by atoms with E-state index in [1.807, 2.05) is 0 Å². The zero-order valence-corrected chi connectivity index (χ0v) is 16.3. The fourth-order valence-corrected chi connectivity index (χ4v) is 2.91. The first kappa shape index (κ1) is 23.2. The zero-order valence-electron chi connectivity index (χ0n) is 16.3. The number of alkyl halides is 5. The summed E-state index contributed by atoms with van der Waals surface area (Å²) in [6.07, 6.45) is -4.94. The van der Waals surface area contributed by atoms with Crippen molar-refractivity contribution < 1.29 is 41.0 Å². The largest absolute Gasteiger partial charge is 0.489 e. The molecule has 0 aliphatic carbocycles. The molecule has 0 bridgehead atoms. The molecule has 1 heterocycles. The molecule has 1 aromatic carbocycles. The van der Waals surface area contributed by atoms with Gasteiger partial charge in [-0.2, -0.15) is 22.0 Å². The quantitative estimate of drug-likeness (QED) is 0.617. The minimum Gasteiger partial charge on any atom is -0.489 e. The Labute approximate surface area is 165 Å². The first-order valence-corrected chi connectivity index (χ1v) is 9.08. The number of nitrogens with zero attached hydrogens (tertiary/aromatic N) is 1. The zero-order chi connectivity index (χ0) is 21.8. The summed E-state index contributed by atoms with van der Waals surface area (Å²) in [6, 6.07) is 3.59. The minimum absolute atomic E-state index is 0.0349. The van der Waals surface area contributed by atoms with Crippen molar-refractivity contribution in [2.45, 2.75) is 64.1 Å². The van der Waals surface area contributed by atoms with Crippen LogP contribution in [-0.4, -0.2) is 48.5 Å². The van der Waals surface area contributed by atoms with E-state index in [9.17, 15) is 26.7 Å². The number of piperidine rings is 1. The molecule has 0 aromatic heterocycles. The number of likely N-dealkylation sites (tertiary alicyclic amines) is 1. The van der Waals surface area contributed by atoms with Crippen molar-refractivity contribution in [2.75, 3.05) is 13.2 Å².